The lowest BCUT2D eigenvalue weighted by Crippen LogP contribution is -2.29. The van der Waals surface area contributed by atoms with Crippen LogP contribution in [0, 0.1) is 6.92 Å². The number of benzene rings is 1. The summed E-state index contributed by atoms with van der Waals surface area (Å²) < 4.78 is 10.4. The number of carboxylic acids is 1. The van der Waals surface area contributed by atoms with Crippen LogP contribution in [0.4, 0.5) is 0 Å². The molecule has 0 fully saturated rings. The highest BCUT2D eigenvalue weighted by Gasteiger charge is 2.12. The molecule has 0 radical (unpaired) electrons. The lowest BCUT2D eigenvalue weighted by atomic mass is 10.0. The monoisotopic (exact) mass is 275 g/mol. The third-order valence-corrected chi connectivity index (χ3v) is 2.90. The fraction of sp³-hybridized carbons (Fsp3) is 0.333. The lowest BCUT2D eigenvalue weighted by molar-refractivity contribution is -0.307. The fourth-order valence-corrected chi connectivity index (χ4v) is 2.19. The largest absolute Gasteiger partial charge is 0.546 e. The van der Waals surface area contributed by atoms with Crippen LogP contribution >= 0.6 is 0 Å². The standard InChI is InChI=1S/C15H16O5/c1-3-4-10-7-14(18)20-12-6-9(2)5-11(15(10)12)19-8-13(16)17/h5-7H,3-4,8H2,1-2H3,(H,16,17)/p-1. The van der Waals surface area contributed by atoms with E-state index < -0.39 is 18.2 Å². The second kappa shape index (κ2) is 5.77. The van der Waals surface area contributed by atoms with Crippen molar-refractivity contribution in [1.82, 2.24) is 0 Å². The molecule has 1 aromatic carbocycles. The van der Waals surface area contributed by atoms with E-state index in [9.17, 15) is 14.7 Å². The van der Waals surface area contributed by atoms with E-state index in [1.54, 1.807) is 12.1 Å². The van der Waals surface area contributed by atoms with Crippen LogP contribution in [-0.2, 0) is 11.2 Å². The van der Waals surface area contributed by atoms with Gasteiger partial charge in [-0.3, -0.25) is 0 Å². The molecule has 106 valence electrons. The predicted molar refractivity (Wildman–Crippen MR) is 71.7 cm³/mol. The number of aryl methyl sites for hydroxylation is 2. The number of fused-ring (bicyclic) bond motifs is 1. The molecule has 0 saturated carbocycles. The molecule has 0 aliphatic heterocycles. The number of hydrogen-bond acceptors (Lipinski definition) is 5. The molecule has 2 aromatic rings. The highest BCUT2D eigenvalue weighted by atomic mass is 16.5. The van der Waals surface area contributed by atoms with Gasteiger partial charge in [0.2, 0.25) is 0 Å². The van der Waals surface area contributed by atoms with E-state index in [1.165, 1.54) is 6.07 Å². The number of carboxylic acid groups (broad SMARTS) is 1. The van der Waals surface area contributed by atoms with E-state index in [0.29, 0.717) is 23.1 Å². The van der Waals surface area contributed by atoms with Crippen molar-refractivity contribution in [3.05, 3.63) is 39.7 Å². The zero-order valence-electron chi connectivity index (χ0n) is 11.4. The lowest BCUT2D eigenvalue weighted by Gasteiger charge is -2.13. The van der Waals surface area contributed by atoms with E-state index in [0.717, 1.165) is 17.5 Å². The van der Waals surface area contributed by atoms with E-state index in [-0.39, 0.29) is 0 Å². The summed E-state index contributed by atoms with van der Waals surface area (Å²) >= 11 is 0. The molecule has 0 aliphatic carbocycles. The number of carbonyl (C=O) groups excluding carboxylic acids is 1. The van der Waals surface area contributed by atoms with E-state index in [2.05, 4.69) is 0 Å². The quantitative estimate of drug-likeness (QED) is 0.765. The summed E-state index contributed by atoms with van der Waals surface area (Å²) in [6, 6.07) is 4.89. The molecule has 20 heavy (non-hydrogen) atoms. The van der Waals surface area contributed by atoms with Crippen LogP contribution in [0.5, 0.6) is 5.75 Å². The first-order chi connectivity index (χ1) is 9.51. The first-order valence-electron chi connectivity index (χ1n) is 6.41. The zero-order chi connectivity index (χ0) is 14.7. The molecular weight excluding hydrogens is 260 g/mol. The zero-order valence-corrected chi connectivity index (χ0v) is 11.4. The molecule has 1 heterocycles. The van der Waals surface area contributed by atoms with Crippen LogP contribution in [-0.4, -0.2) is 12.6 Å². The Morgan fingerprint density at radius 1 is 1.35 bits per heavy atom. The minimum Gasteiger partial charge on any atom is -0.546 e. The highest BCUT2D eigenvalue weighted by molar-refractivity contribution is 5.87. The molecule has 2 rings (SSSR count). The maximum Gasteiger partial charge on any atom is 0.336 e. The van der Waals surface area contributed by atoms with Gasteiger partial charge in [0, 0.05) is 6.07 Å². The van der Waals surface area contributed by atoms with Crippen molar-refractivity contribution in [2.75, 3.05) is 6.61 Å². The van der Waals surface area contributed by atoms with Crippen molar-refractivity contribution in [1.29, 1.82) is 0 Å². The van der Waals surface area contributed by atoms with Crippen molar-refractivity contribution < 1.29 is 19.1 Å². The summed E-state index contributed by atoms with van der Waals surface area (Å²) in [5.74, 6) is -0.898. The molecule has 0 spiro atoms. The Bertz CT molecular complexity index is 699. The molecule has 0 unspecified atom stereocenters. The molecule has 0 atom stereocenters. The molecule has 0 amide bonds. The Morgan fingerprint density at radius 3 is 2.75 bits per heavy atom. The predicted octanol–water partition coefficient (Wildman–Crippen LogP) is 1.18. The highest BCUT2D eigenvalue weighted by Crippen LogP contribution is 2.30. The normalized spacial score (nSPS) is 10.7. The summed E-state index contributed by atoms with van der Waals surface area (Å²) in [5.41, 5.74) is 1.61. The summed E-state index contributed by atoms with van der Waals surface area (Å²) in [6.07, 6.45) is 1.54. The Kier molecular flexibility index (Phi) is 4.08. The van der Waals surface area contributed by atoms with Crippen LogP contribution < -0.4 is 15.5 Å². The van der Waals surface area contributed by atoms with Gasteiger partial charge in [0.05, 0.1) is 11.4 Å². The van der Waals surface area contributed by atoms with Crippen LogP contribution in [0.3, 0.4) is 0 Å². The van der Waals surface area contributed by atoms with Gasteiger partial charge >= 0.3 is 5.63 Å². The van der Waals surface area contributed by atoms with Crippen molar-refractivity contribution in [3.63, 3.8) is 0 Å². The molecular formula is C15H15O5-. The van der Waals surface area contributed by atoms with Crippen molar-refractivity contribution in [2.24, 2.45) is 0 Å². The Morgan fingerprint density at radius 2 is 2.10 bits per heavy atom. The van der Waals surface area contributed by atoms with Gasteiger partial charge in [-0.05, 0) is 36.6 Å². The Labute approximate surface area is 115 Å². The second-order valence-electron chi connectivity index (χ2n) is 4.64. The summed E-state index contributed by atoms with van der Waals surface area (Å²) in [4.78, 5) is 22.1. The molecule has 0 N–H and O–H groups in total. The van der Waals surface area contributed by atoms with Gasteiger partial charge < -0.3 is 19.1 Å². The Balaban J connectivity index is 2.64. The number of aliphatic carboxylic acids is 1. The van der Waals surface area contributed by atoms with Gasteiger partial charge in [0.25, 0.3) is 0 Å². The van der Waals surface area contributed by atoms with Crippen molar-refractivity contribution in [2.45, 2.75) is 26.7 Å². The maximum atomic E-state index is 11.6. The SMILES string of the molecule is CCCc1cc(=O)oc2cc(C)cc(OCC(=O)[O-])c12. The molecule has 5 heteroatoms. The minimum atomic E-state index is -1.30. The number of carbonyl (C=O) groups is 1. The van der Waals surface area contributed by atoms with Gasteiger partial charge in [-0.2, -0.15) is 0 Å². The Hall–Kier alpha value is -2.30. The van der Waals surface area contributed by atoms with Gasteiger partial charge in [0.1, 0.15) is 17.9 Å². The maximum absolute atomic E-state index is 11.6. The summed E-state index contributed by atoms with van der Waals surface area (Å²) in [6.45, 7) is 3.28. The first-order valence-corrected chi connectivity index (χ1v) is 6.41. The molecule has 0 bridgehead atoms. The summed E-state index contributed by atoms with van der Waals surface area (Å²) in [5, 5.41) is 11.2. The molecule has 0 saturated heterocycles. The van der Waals surface area contributed by atoms with Crippen molar-refractivity contribution >= 4 is 16.9 Å². The van der Waals surface area contributed by atoms with Crippen LogP contribution in [0.1, 0.15) is 24.5 Å². The molecule has 5 nitrogen and oxygen atoms in total. The second-order valence-corrected chi connectivity index (χ2v) is 4.64. The first kappa shape index (κ1) is 14.1. The average molecular weight is 275 g/mol. The van der Waals surface area contributed by atoms with Crippen LogP contribution in [0.25, 0.3) is 11.0 Å². The fourth-order valence-electron chi connectivity index (χ4n) is 2.19. The minimum absolute atomic E-state index is 0.399. The van der Waals surface area contributed by atoms with Gasteiger partial charge in [-0.25, -0.2) is 4.79 Å². The van der Waals surface area contributed by atoms with Gasteiger partial charge in [-0.15, -0.1) is 0 Å². The number of rotatable bonds is 5. The summed E-state index contributed by atoms with van der Waals surface area (Å²) in [7, 11) is 0. The van der Waals surface area contributed by atoms with E-state index in [4.69, 9.17) is 9.15 Å². The third-order valence-electron chi connectivity index (χ3n) is 2.90. The molecule has 1 aromatic heterocycles. The van der Waals surface area contributed by atoms with E-state index in [1.807, 2.05) is 13.8 Å². The number of ether oxygens (including phenoxy) is 1. The topological polar surface area (TPSA) is 79.6 Å². The smallest absolute Gasteiger partial charge is 0.336 e. The molecule has 0 aliphatic rings. The number of hydrogen-bond donors (Lipinski definition) is 0. The van der Waals surface area contributed by atoms with Gasteiger partial charge in [0.15, 0.2) is 0 Å². The van der Waals surface area contributed by atoms with Crippen LogP contribution in [0.15, 0.2) is 27.4 Å². The van der Waals surface area contributed by atoms with Crippen LogP contribution in [0.2, 0.25) is 0 Å². The van der Waals surface area contributed by atoms with Gasteiger partial charge in [-0.1, -0.05) is 13.3 Å². The average Bonchev–Trinajstić information content (AvgIpc) is 2.35. The van der Waals surface area contributed by atoms with Crippen molar-refractivity contribution in [3.8, 4) is 5.75 Å². The third kappa shape index (κ3) is 2.99. The van der Waals surface area contributed by atoms with E-state index >= 15 is 0 Å².